The van der Waals surface area contributed by atoms with Crippen molar-refractivity contribution in [1.82, 2.24) is 9.78 Å². The molecule has 5 heteroatoms. The molecule has 0 spiro atoms. The molecule has 2 aliphatic rings. The van der Waals surface area contributed by atoms with Gasteiger partial charge in [0.2, 0.25) is 0 Å². The Hall–Kier alpha value is -1.00. The van der Waals surface area contributed by atoms with Crippen LogP contribution in [0.15, 0.2) is 0 Å². The number of nitrogens with zero attached hydrogens (tertiary/aromatic N) is 2. The molecule has 0 N–H and O–H groups in total. The minimum Gasteiger partial charge on any atom is -0.269 e. The smallest absolute Gasteiger partial charge is 0.269 e. The van der Waals surface area contributed by atoms with Gasteiger partial charge in [0.05, 0.1) is 5.69 Å². The van der Waals surface area contributed by atoms with Gasteiger partial charge in [-0.15, -0.1) is 0 Å². The van der Waals surface area contributed by atoms with E-state index in [-0.39, 0.29) is 17.5 Å². The number of alkyl halides is 3. The molecule has 0 aromatic carbocycles. The molecule has 2 nitrogen and oxygen atoms in total. The summed E-state index contributed by atoms with van der Waals surface area (Å²) in [4.78, 5) is 0. The van der Waals surface area contributed by atoms with Crippen LogP contribution in [0.2, 0.25) is 0 Å². The van der Waals surface area contributed by atoms with Crippen LogP contribution < -0.4 is 0 Å². The number of hydrogen-bond acceptors (Lipinski definition) is 1. The van der Waals surface area contributed by atoms with E-state index in [1.54, 1.807) is 0 Å². The van der Waals surface area contributed by atoms with E-state index in [1.165, 1.54) is 11.7 Å². The second-order valence-corrected chi connectivity index (χ2v) is 4.02. The van der Waals surface area contributed by atoms with Gasteiger partial charge in [-0.05, 0) is 12.3 Å². The summed E-state index contributed by atoms with van der Waals surface area (Å²) in [5.41, 5.74) is 0.650. The topological polar surface area (TPSA) is 17.8 Å². The lowest BCUT2D eigenvalue weighted by atomic mass is 10.1. The second-order valence-electron chi connectivity index (χ2n) is 4.02. The summed E-state index contributed by atoms with van der Waals surface area (Å²) >= 11 is 0. The Labute approximate surface area is 78.7 Å². The van der Waals surface area contributed by atoms with Gasteiger partial charge in [0, 0.05) is 18.5 Å². The first kappa shape index (κ1) is 8.32. The van der Waals surface area contributed by atoms with Crippen LogP contribution in [0.5, 0.6) is 0 Å². The van der Waals surface area contributed by atoms with Crippen LogP contribution in [0.25, 0.3) is 0 Å². The van der Waals surface area contributed by atoms with Gasteiger partial charge in [0.15, 0.2) is 0 Å². The maximum Gasteiger partial charge on any atom is 0.282 e. The first-order valence-corrected chi connectivity index (χ1v) is 4.60. The first-order valence-electron chi connectivity index (χ1n) is 4.60. The van der Waals surface area contributed by atoms with Crippen molar-refractivity contribution in [2.75, 3.05) is 0 Å². The molecule has 1 saturated carbocycles. The van der Waals surface area contributed by atoms with Gasteiger partial charge < -0.3 is 0 Å². The number of halogens is 3. The van der Waals surface area contributed by atoms with E-state index >= 15 is 0 Å². The van der Waals surface area contributed by atoms with Gasteiger partial charge >= 0.3 is 0 Å². The number of hydrogen-bond donors (Lipinski definition) is 0. The van der Waals surface area contributed by atoms with Crippen molar-refractivity contribution in [2.24, 2.45) is 13.0 Å². The summed E-state index contributed by atoms with van der Waals surface area (Å²) in [5.74, 6) is -0.0376. The van der Waals surface area contributed by atoms with Crippen molar-refractivity contribution >= 4 is 0 Å². The Balaban J connectivity index is 2.19. The minimum absolute atomic E-state index is 0.0118. The molecule has 76 valence electrons. The summed E-state index contributed by atoms with van der Waals surface area (Å²) in [5, 5.41) is 3.69. The van der Waals surface area contributed by atoms with Gasteiger partial charge in [-0.1, -0.05) is 0 Å². The van der Waals surface area contributed by atoms with Gasteiger partial charge in [-0.2, -0.15) is 5.10 Å². The molecular weight excluding hydrogens is 193 g/mol. The van der Waals surface area contributed by atoms with Crippen molar-refractivity contribution in [3.63, 3.8) is 0 Å². The Morgan fingerprint density at radius 3 is 2.86 bits per heavy atom. The summed E-state index contributed by atoms with van der Waals surface area (Å²) in [6.07, 6.45) is -2.96. The zero-order chi connectivity index (χ0) is 10.0. The third-order valence-corrected chi connectivity index (χ3v) is 3.21. The van der Waals surface area contributed by atoms with E-state index in [2.05, 4.69) is 5.10 Å². The fraction of sp³-hybridized carbons (Fsp3) is 0.667. The predicted molar refractivity (Wildman–Crippen MR) is 42.9 cm³/mol. The van der Waals surface area contributed by atoms with E-state index in [0.29, 0.717) is 17.7 Å². The number of rotatable bonds is 1. The fourth-order valence-corrected chi connectivity index (χ4v) is 2.52. The Morgan fingerprint density at radius 2 is 2.21 bits per heavy atom. The molecule has 14 heavy (non-hydrogen) atoms. The standard InChI is InChI=1S/C9H9F3N2/c1-14-8-5(7(13-14)9(11)12)3-2-4(3)6(8)10/h3-4,6,9H,2H2,1H3. The van der Waals surface area contributed by atoms with Crippen molar-refractivity contribution in [3.8, 4) is 0 Å². The quantitative estimate of drug-likeness (QED) is 0.684. The predicted octanol–water partition coefficient (Wildman–Crippen LogP) is 2.49. The second kappa shape index (κ2) is 2.32. The average Bonchev–Trinajstić information content (AvgIpc) is 2.75. The normalized spacial score (nSPS) is 33.4. The van der Waals surface area contributed by atoms with Crippen LogP contribution in [-0.4, -0.2) is 9.78 Å². The average molecular weight is 202 g/mol. The zero-order valence-corrected chi connectivity index (χ0v) is 7.54. The lowest BCUT2D eigenvalue weighted by Gasteiger charge is -2.03. The highest BCUT2D eigenvalue weighted by atomic mass is 19.3. The maximum absolute atomic E-state index is 13.6. The summed E-state index contributed by atoms with van der Waals surface area (Å²) in [7, 11) is 1.53. The Kier molecular flexibility index (Phi) is 1.38. The van der Waals surface area contributed by atoms with Crippen molar-refractivity contribution in [2.45, 2.75) is 24.9 Å². The van der Waals surface area contributed by atoms with E-state index < -0.39 is 12.6 Å². The molecule has 0 bridgehead atoms. The summed E-state index contributed by atoms with van der Waals surface area (Å²) in [6, 6.07) is 0. The van der Waals surface area contributed by atoms with Crippen LogP contribution in [0.3, 0.4) is 0 Å². The van der Waals surface area contributed by atoms with Crippen LogP contribution in [0, 0.1) is 5.92 Å². The molecule has 3 rings (SSSR count). The molecule has 1 aromatic rings. The Bertz CT molecular complexity index is 399. The molecule has 0 amide bonds. The van der Waals surface area contributed by atoms with Gasteiger partial charge in [0.1, 0.15) is 11.9 Å². The van der Waals surface area contributed by atoms with Gasteiger partial charge in [-0.3, -0.25) is 4.68 Å². The number of aromatic nitrogens is 2. The molecule has 2 aliphatic carbocycles. The van der Waals surface area contributed by atoms with Crippen molar-refractivity contribution < 1.29 is 13.2 Å². The van der Waals surface area contributed by atoms with Crippen molar-refractivity contribution in [3.05, 3.63) is 17.0 Å². The van der Waals surface area contributed by atoms with E-state index in [0.717, 1.165) is 0 Å². The molecule has 3 atom stereocenters. The molecule has 3 unspecified atom stereocenters. The van der Waals surface area contributed by atoms with Gasteiger partial charge in [-0.25, -0.2) is 13.2 Å². The zero-order valence-electron chi connectivity index (χ0n) is 7.54. The van der Waals surface area contributed by atoms with Crippen LogP contribution in [0.4, 0.5) is 13.2 Å². The van der Waals surface area contributed by atoms with Crippen molar-refractivity contribution in [1.29, 1.82) is 0 Å². The molecule has 1 aromatic heterocycles. The van der Waals surface area contributed by atoms with Crippen LogP contribution in [-0.2, 0) is 7.05 Å². The first-order chi connectivity index (χ1) is 6.61. The molecule has 0 saturated heterocycles. The highest BCUT2D eigenvalue weighted by molar-refractivity contribution is 5.44. The summed E-state index contributed by atoms with van der Waals surface area (Å²) < 4.78 is 40.0. The lowest BCUT2D eigenvalue weighted by Crippen LogP contribution is -2.01. The monoisotopic (exact) mass is 202 g/mol. The van der Waals surface area contributed by atoms with Crippen LogP contribution >= 0.6 is 0 Å². The molecule has 0 radical (unpaired) electrons. The van der Waals surface area contributed by atoms with E-state index in [1.807, 2.05) is 0 Å². The van der Waals surface area contributed by atoms with Crippen LogP contribution in [0.1, 0.15) is 41.9 Å². The number of aryl methyl sites for hydroxylation is 1. The highest BCUT2D eigenvalue weighted by Crippen LogP contribution is 2.64. The molecule has 1 heterocycles. The van der Waals surface area contributed by atoms with Gasteiger partial charge in [0.25, 0.3) is 6.43 Å². The number of fused-ring (bicyclic) bond motifs is 3. The van der Waals surface area contributed by atoms with E-state index in [4.69, 9.17) is 0 Å². The third-order valence-electron chi connectivity index (χ3n) is 3.21. The summed E-state index contributed by atoms with van der Waals surface area (Å²) in [6.45, 7) is 0. The highest BCUT2D eigenvalue weighted by Gasteiger charge is 2.56. The van der Waals surface area contributed by atoms with E-state index in [9.17, 15) is 13.2 Å². The Morgan fingerprint density at radius 1 is 1.50 bits per heavy atom. The molecule has 0 aliphatic heterocycles. The maximum atomic E-state index is 13.6. The third kappa shape index (κ3) is 0.804. The fourth-order valence-electron chi connectivity index (χ4n) is 2.52. The molecular formula is C9H9F3N2. The lowest BCUT2D eigenvalue weighted by molar-refractivity contribution is 0.144. The minimum atomic E-state index is -2.59. The molecule has 1 fully saturated rings. The largest absolute Gasteiger partial charge is 0.282 e. The SMILES string of the molecule is Cn1nc(C(F)F)c2c1C(F)C1CC21.